The van der Waals surface area contributed by atoms with Crippen molar-refractivity contribution in [3.63, 3.8) is 0 Å². The van der Waals surface area contributed by atoms with Crippen LogP contribution in [0.4, 0.5) is 5.69 Å². The number of anilines is 1. The zero-order valence-corrected chi connectivity index (χ0v) is 19.1. The minimum absolute atomic E-state index is 0.0708. The molecular weight excluding hydrogens is 406 g/mol. The molecule has 1 N–H and O–H groups in total. The molecule has 1 fully saturated rings. The highest BCUT2D eigenvalue weighted by Crippen LogP contribution is 2.25. The topological polar surface area (TPSA) is 79.0 Å². The van der Waals surface area contributed by atoms with Gasteiger partial charge in [-0.2, -0.15) is 0 Å². The molecule has 2 aromatic carbocycles. The van der Waals surface area contributed by atoms with Crippen molar-refractivity contribution in [2.45, 2.75) is 20.3 Å². The third-order valence-electron chi connectivity index (χ3n) is 5.52. The fourth-order valence-electron chi connectivity index (χ4n) is 3.97. The van der Waals surface area contributed by atoms with Crippen molar-refractivity contribution in [1.82, 2.24) is 9.80 Å². The minimum atomic E-state index is -0.352. The van der Waals surface area contributed by atoms with Crippen LogP contribution in [0, 0.1) is 11.8 Å². The first-order chi connectivity index (χ1) is 15.2. The van der Waals surface area contributed by atoms with Crippen LogP contribution in [0.2, 0.25) is 0 Å². The van der Waals surface area contributed by atoms with Gasteiger partial charge in [-0.25, -0.2) is 0 Å². The Labute approximate surface area is 189 Å². The first kappa shape index (κ1) is 23.3. The van der Waals surface area contributed by atoms with Gasteiger partial charge in [-0.05, 0) is 48.6 Å². The summed E-state index contributed by atoms with van der Waals surface area (Å²) in [7, 11) is 3.30. The Morgan fingerprint density at radius 1 is 1.03 bits per heavy atom. The molecule has 7 heteroatoms. The Kier molecular flexibility index (Phi) is 7.51. The summed E-state index contributed by atoms with van der Waals surface area (Å²) in [5.41, 5.74) is 1.33. The predicted molar refractivity (Wildman–Crippen MR) is 124 cm³/mol. The summed E-state index contributed by atoms with van der Waals surface area (Å²) < 4.78 is 5.50. The number of piperidine rings is 1. The number of hydrogen-bond acceptors (Lipinski definition) is 4. The molecule has 2 aromatic rings. The maximum atomic E-state index is 13.2. The largest absolute Gasteiger partial charge is 0.484 e. The first-order valence-electron chi connectivity index (χ1n) is 10.9. The number of benzene rings is 2. The molecule has 3 rings (SSSR count). The maximum absolute atomic E-state index is 13.2. The van der Waals surface area contributed by atoms with E-state index >= 15 is 0 Å². The number of rotatable bonds is 6. The number of likely N-dealkylation sites (tertiary alicyclic amines) is 1. The first-order valence-corrected chi connectivity index (χ1v) is 10.9. The van der Waals surface area contributed by atoms with Gasteiger partial charge in [0.15, 0.2) is 6.61 Å². The molecule has 32 heavy (non-hydrogen) atoms. The van der Waals surface area contributed by atoms with Crippen LogP contribution in [-0.4, -0.2) is 61.3 Å². The van der Waals surface area contributed by atoms with Crippen LogP contribution in [-0.2, 0) is 4.79 Å². The smallest absolute Gasteiger partial charge is 0.259 e. The molecule has 2 atom stereocenters. The van der Waals surface area contributed by atoms with Gasteiger partial charge in [0.1, 0.15) is 5.75 Å². The summed E-state index contributed by atoms with van der Waals surface area (Å²) >= 11 is 0. The molecule has 0 radical (unpaired) electrons. The number of amides is 3. The van der Waals surface area contributed by atoms with E-state index in [4.69, 9.17) is 4.74 Å². The van der Waals surface area contributed by atoms with E-state index in [1.807, 2.05) is 4.90 Å². The summed E-state index contributed by atoms with van der Waals surface area (Å²) in [6.45, 7) is 5.64. The van der Waals surface area contributed by atoms with Gasteiger partial charge >= 0.3 is 0 Å². The van der Waals surface area contributed by atoms with Gasteiger partial charge in [0.05, 0.1) is 11.3 Å². The number of carbonyl (C=O) groups excluding carboxylic acids is 3. The van der Waals surface area contributed by atoms with Gasteiger partial charge in [-0.1, -0.05) is 32.0 Å². The molecule has 0 aromatic heterocycles. The van der Waals surface area contributed by atoms with Crippen LogP contribution in [0.3, 0.4) is 0 Å². The summed E-state index contributed by atoms with van der Waals surface area (Å²) in [5, 5.41) is 2.86. The average molecular weight is 438 g/mol. The van der Waals surface area contributed by atoms with Crippen LogP contribution >= 0.6 is 0 Å². The third kappa shape index (κ3) is 5.87. The Hall–Kier alpha value is -3.35. The summed E-state index contributed by atoms with van der Waals surface area (Å²) in [6.07, 6.45) is 1.11. The van der Waals surface area contributed by atoms with Gasteiger partial charge in [-0.15, -0.1) is 0 Å². The number of para-hydroxylation sites is 1. The lowest BCUT2D eigenvalue weighted by Crippen LogP contribution is -2.42. The van der Waals surface area contributed by atoms with Crippen LogP contribution in [0.1, 0.15) is 41.0 Å². The zero-order chi connectivity index (χ0) is 23.3. The minimum Gasteiger partial charge on any atom is -0.484 e. The molecule has 2 unspecified atom stereocenters. The van der Waals surface area contributed by atoms with Crippen LogP contribution in [0.5, 0.6) is 5.75 Å². The molecule has 1 heterocycles. The number of nitrogens with zero attached hydrogens (tertiary/aromatic N) is 2. The van der Waals surface area contributed by atoms with E-state index in [-0.39, 0.29) is 24.3 Å². The molecular formula is C25H31N3O4. The normalized spacial score (nSPS) is 18.1. The highest BCUT2D eigenvalue weighted by Gasteiger charge is 2.27. The molecule has 3 amide bonds. The summed E-state index contributed by atoms with van der Waals surface area (Å²) in [4.78, 5) is 41.2. The zero-order valence-electron chi connectivity index (χ0n) is 19.1. The number of likely N-dealkylation sites (N-methyl/N-ethyl adjacent to an activating group) is 1. The van der Waals surface area contributed by atoms with Crippen molar-refractivity contribution in [2.24, 2.45) is 11.8 Å². The molecule has 1 aliphatic rings. The lowest BCUT2D eigenvalue weighted by molar-refractivity contribution is -0.130. The number of ether oxygens (including phenoxy) is 1. The van der Waals surface area contributed by atoms with Crippen molar-refractivity contribution < 1.29 is 19.1 Å². The predicted octanol–water partition coefficient (Wildman–Crippen LogP) is 3.52. The molecule has 0 saturated carbocycles. The van der Waals surface area contributed by atoms with E-state index in [2.05, 4.69) is 19.2 Å². The average Bonchev–Trinajstić information content (AvgIpc) is 2.76. The van der Waals surface area contributed by atoms with Gasteiger partial charge in [0.2, 0.25) is 0 Å². The molecule has 0 spiro atoms. The van der Waals surface area contributed by atoms with E-state index in [0.717, 1.165) is 19.5 Å². The van der Waals surface area contributed by atoms with Crippen molar-refractivity contribution in [3.8, 4) is 5.75 Å². The van der Waals surface area contributed by atoms with Gasteiger partial charge in [0, 0.05) is 32.7 Å². The van der Waals surface area contributed by atoms with Crippen molar-refractivity contribution >= 4 is 23.4 Å². The Morgan fingerprint density at radius 3 is 2.41 bits per heavy atom. The lowest BCUT2D eigenvalue weighted by Gasteiger charge is -2.35. The summed E-state index contributed by atoms with van der Waals surface area (Å²) in [6, 6.07) is 13.7. The SMILES string of the molecule is CC1CC(C)CN(C(=O)c2ccccc2NC(=O)c2cccc(OCC(=O)N(C)C)c2)C1. The Balaban J connectivity index is 1.73. The molecule has 1 aliphatic heterocycles. The van der Waals surface area contributed by atoms with Gasteiger partial charge < -0.3 is 19.9 Å². The standard InChI is InChI=1S/C25H31N3O4/c1-17-12-18(2)15-28(14-17)25(31)21-10-5-6-11-22(21)26-24(30)19-8-7-9-20(13-19)32-16-23(29)27(3)4/h5-11,13,17-18H,12,14-16H2,1-4H3,(H,26,30). The quantitative estimate of drug-likeness (QED) is 0.750. The van der Waals surface area contributed by atoms with E-state index in [0.29, 0.717) is 34.4 Å². The third-order valence-corrected chi connectivity index (χ3v) is 5.52. The Morgan fingerprint density at radius 2 is 1.72 bits per heavy atom. The van der Waals surface area contributed by atoms with Crippen molar-refractivity contribution in [2.75, 3.05) is 39.1 Å². The van der Waals surface area contributed by atoms with E-state index < -0.39 is 0 Å². The van der Waals surface area contributed by atoms with Crippen LogP contribution < -0.4 is 10.1 Å². The van der Waals surface area contributed by atoms with E-state index in [9.17, 15) is 14.4 Å². The highest BCUT2D eigenvalue weighted by atomic mass is 16.5. The number of carbonyl (C=O) groups is 3. The van der Waals surface area contributed by atoms with Crippen LogP contribution in [0.25, 0.3) is 0 Å². The van der Waals surface area contributed by atoms with Crippen molar-refractivity contribution in [3.05, 3.63) is 59.7 Å². The Bertz CT molecular complexity index is 979. The van der Waals surface area contributed by atoms with Crippen molar-refractivity contribution in [1.29, 1.82) is 0 Å². The fourth-order valence-corrected chi connectivity index (χ4v) is 3.97. The number of hydrogen-bond donors (Lipinski definition) is 1. The monoisotopic (exact) mass is 437 g/mol. The second-order valence-corrected chi connectivity index (χ2v) is 8.76. The highest BCUT2D eigenvalue weighted by molar-refractivity contribution is 6.09. The second kappa shape index (κ2) is 10.3. The van der Waals surface area contributed by atoms with E-state index in [1.54, 1.807) is 62.6 Å². The fraction of sp³-hybridized carbons (Fsp3) is 0.400. The lowest BCUT2D eigenvalue weighted by atomic mass is 9.91. The maximum Gasteiger partial charge on any atom is 0.259 e. The molecule has 0 bridgehead atoms. The van der Waals surface area contributed by atoms with Gasteiger partial charge in [-0.3, -0.25) is 14.4 Å². The number of nitrogens with one attached hydrogen (secondary N) is 1. The molecule has 170 valence electrons. The van der Waals surface area contributed by atoms with Gasteiger partial charge in [0.25, 0.3) is 17.7 Å². The van der Waals surface area contributed by atoms with E-state index in [1.165, 1.54) is 4.90 Å². The second-order valence-electron chi connectivity index (χ2n) is 8.76. The molecule has 1 saturated heterocycles. The van der Waals surface area contributed by atoms with Crippen LogP contribution in [0.15, 0.2) is 48.5 Å². The molecule has 0 aliphatic carbocycles. The summed E-state index contributed by atoms with van der Waals surface area (Å²) in [5.74, 6) is 0.730. The molecule has 7 nitrogen and oxygen atoms in total.